The van der Waals surface area contributed by atoms with Crippen molar-refractivity contribution >= 4 is 37.5 Å². The zero-order valence-corrected chi connectivity index (χ0v) is 16.4. The van der Waals surface area contributed by atoms with Gasteiger partial charge >= 0.3 is 0 Å². The number of benzene rings is 2. The number of sulfonamides is 1. The summed E-state index contributed by atoms with van der Waals surface area (Å²) >= 11 is 3.30. The van der Waals surface area contributed by atoms with Crippen LogP contribution in [0.2, 0.25) is 0 Å². The maximum atomic E-state index is 12.6. The Balaban J connectivity index is 2.37. The van der Waals surface area contributed by atoms with Gasteiger partial charge in [0.2, 0.25) is 0 Å². The summed E-state index contributed by atoms with van der Waals surface area (Å²) in [5.41, 5.74) is 0.585. The molecule has 0 aliphatic rings. The lowest BCUT2D eigenvalue weighted by molar-refractivity contribution is 0.0940. The second-order valence-electron chi connectivity index (χ2n) is 5.60. The minimum absolute atomic E-state index is 0.0230. The highest BCUT2D eigenvalue weighted by Gasteiger charge is 2.20. The largest absolute Gasteiger partial charge is 0.496 e. The molecule has 8 heteroatoms. The SMILES string of the molecule is COc1ccc(S(=O)(=O)Nc2ccc(Br)cc2)cc1C(=O)NC(C)C. The summed E-state index contributed by atoms with van der Waals surface area (Å²) < 4.78 is 33.7. The first-order valence-corrected chi connectivity index (χ1v) is 9.78. The van der Waals surface area contributed by atoms with Crippen LogP contribution in [0, 0.1) is 0 Å². The normalized spacial score (nSPS) is 11.2. The molecule has 25 heavy (non-hydrogen) atoms. The van der Waals surface area contributed by atoms with E-state index in [1.54, 1.807) is 24.3 Å². The molecule has 0 fully saturated rings. The molecule has 0 aromatic heterocycles. The molecule has 0 aliphatic carbocycles. The Morgan fingerprint density at radius 3 is 2.32 bits per heavy atom. The fraction of sp³-hybridized carbons (Fsp3) is 0.235. The molecule has 0 spiro atoms. The fourth-order valence-corrected chi connectivity index (χ4v) is 3.45. The summed E-state index contributed by atoms with van der Waals surface area (Å²) in [4.78, 5) is 12.3. The van der Waals surface area contributed by atoms with Crippen molar-refractivity contribution in [3.05, 3.63) is 52.5 Å². The molecule has 2 aromatic carbocycles. The zero-order valence-electron chi connectivity index (χ0n) is 14.0. The van der Waals surface area contributed by atoms with Crippen molar-refractivity contribution in [1.82, 2.24) is 5.32 Å². The summed E-state index contributed by atoms with van der Waals surface area (Å²) in [5, 5.41) is 2.73. The van der Waals surface area contributed by atoms with Gasteiger partial charge in [0.05, 0.1) is 17.6 Å². The van der Waals surface area contributed by atoms with Crippen LogP contribution in [0.5, 0.6) is 5.75 Å². The Kier molecular flexibility index (Phi) is 6.07. The van der Waals surface area contributed by atoms with Gasteiger partial charge in [-0.3, -0.25) is 9.52 Å². The zero-order chi connectivity index (χ0) is 18.6. The molecule has 2 rings (SSSR count). The van der Waals surface area contributed by atoms with Gasteiger partial charge in [0.1, 0.15) is 5.75 Å². The topological polar surface area (TPSA) is 84.5 Å². The molecule has 0 bridgehead atoms. The molecule has 1 amide bonds. The van der Waals surface area contributed by atoms with Crippen molar-refractivity contribution in [3.8, 4) is 5.75 Å². The van der Waals surface area contributed by atoms with E-state index in [1.165, 1.54) is 25.3 Å². The average Bonchev–Trinajstić information content (AvgIpc) is 2.55. The lowest BCUT2D eigenvalue weighted by Crippen LogP contribution is -2.30. The van der Waals surface area contributed by atoms with E-state index in [1.807, 2.05) is 13.8 Å². The lowest BCUT2D eigenvalue weighted by atomic mass is 10.2. The number of amides is 1. The number of carbonyl (C=O) groups excluding carboxylic acids is 1. The van der Waals surface area contributed by atoms with Gasteiger partial charge in [-0.2, -0.15) is 0 Å². The Morgan fingerprint density at radius 2 is 1.76 bits per heavy atom. The smallest absolute Gasteiger partial charge is 0.261 e. The van der Waals surface area contributed by atoms with Crippen LogP contribution in [0.15, 0.2) is 51.8 Å². The van der Waals surface area contributed by atoms with Crippen LogP contribution < -0.4 is 14.8 Å². The van der Waals surface area contributed by atoms with Crippen LogP contribution in [0.1, 0.15) is 24.2 Å². The van der Waals surface area contributed by atoms with Crippen molar-refractivity contribution in [2.75, 3.05) is 11.8 Å². The van der Waals surface area contributed by atoms with Gasteiger partial charge in [0.15, 0.2) is 0 Å². The summed E-state index contributed by atoms with van der Waals surface area (Å²) in [6.07, 6.45) is 0. The van der Waals surface area contributed by atoms with E-state index in [9.17, 15) is 13.2 Å². The quantitative estimate of drug-likeness (QED) is 0.740. The van der Waals surface area contributed by atoms with Crippen LogP contribution in [-0.4, -0.2) is 27.5 Å². The molecule has 0 saturated heterocycles. The fourth-order valence-electron chi connectivity index (χ4n) is 2.10. The second kappa shape index (κ2) is 7.88. The van der Waals surface area contributed by atoms with Crippen molar-refractivity contribution < 1.29 is 17.9 Å². The number of nitrogens with one attached hydrogen (secondary N) is 2. The van der Waals surface area contributed by atoms with E-state index in [-0.39, 0.29) is 16.5 Å². The van der Waals surface area contributed by atoms with E-state index in [0.717, 1.165) is 4.47 Å². The third-order valence-corrected chi connectivity index (χ3v) is 5.15. The van der Waals surface area contributed by atoms with Crippen LogP contribution in [0.4, 0.5) is 5.69 Å². The Hall–Kier alpha value is -2.06. The molecule has 134 valence electrons. The first-order valence-electron chi connectivity index (χ1n) is 7.50. The van der Waals surface area contributed by atoms with E-state index >= 15 is 0 Å². The highest BCUT2D eigenvalue weighted by molar-refractivity contribution is 9.10. The molecule has 0 aliphatic heterocycles. The second-order valence-corrected chi connectivity index (χ2v) is 8.20. The number of rotatable bonds is 6. The third-order valence-electron chi connectivity index (χ3n) is 3.24. The predicted molar refractivity (Wildman–Crippen MR) is 101 cm³/mol. The van der Waals surface area contributed by atoms with Gasteiger partial charge < -0.3 is 10.1 Å². The molecule has 0 unspecified atom stereocenters. The molecule has 0 saturated carbocycles. The number of ether oxygens (including phenoxy) is 1. The van der Waals surface area contributed by atoms with Crippen LogP contribution in [-0.2, 0) is 10.0 Å². The third kappa shape index (κ3) is 4.96. The Labute approximate surface area is 155 Å². The van der Waals surface area contributed by atoms with E-state index in [2.05, 4.69) is 26.0 Å². The number of anilines is 1. The van der Waals surface area contributed by atoms with Gasteiger partial charge in [-0.05, 0) is 56.3 Å². The van der Waals surface area contributed by atoms with Crippen LogP contribution >= 0.6 is 15.9 Å². The summed E-state index contributed by atoms with van der Waals surface area (Å²) in [6, 6.07) is 10.8. The van der Waals surface area contributed by atoms with Crippen molar-refractivity contribution in [2.24, 2.45) is 0 Å². The molecular formula is C17H19BrN2O4S. The molecule has 0 heterocycles. The number of halogens is 1. The maximum Gasteiger partial charge on any atom is 0.261 e. The maximum absolute atomic E-state index is 12.6. The lowest BCUT2D eigenvalue weighted by Gasteiger charge is -2.14. The minimum atomic E-state index is -3.84. The molecule has 2 aromatic rings. The Morgan fingerprint density at radius 1 is 1.12 bits per heavy atom. The van der Waals surface area contributed by atoms with Crippen LogP contribution in [0.25, 0.3) is 0 Å². The van der Waals surface area contributed by atoms with Gasteiger partial charge in [-0.25, -0.2) is 8.42 Å². The molecular weight excluding hydrogens is 408 g/mol. The highest BCUT2D eigenvalue weighted by Crippen LogP contribution is 2.24. The number of methoxy groups -OCH3 is 1. The molecule has 2 N–H and O–H groups in total. The van der Waals surface area contributed by atoms with Crippen LogP contribution in [0.3, 0.4) is 0 Å². The average molecular weight is 427 g/mol. The summed E-state index contributed by atoms with van der Waals surface area (Å²) in [6.45, 7) is 3.64. The number of hydrogen-bond donors (Lipinski definition) is 2. The molecule has 0 radical (unpaired) electrons. The van der Waals surface area contributed by atoms with E-state index in [4.69, 9.17) is 4.74 Å². The molecule has 0 atom stereocenters. The van der Waals surface area contributed by atoms with Crippen molar-refractivity contribution in [2.45, 2.75) is 24.8 Å². The molecule has 6 nitrogen and oxygen atoms in total. The van der Waals surface area contributed by atoms with E-state index in [0.29, 0.717) is 11.4 Å². The monoisotopic (exact) mass is 426 g/mol. The van der Waals surface area contributed by atoms with Gasteiger partial charge in [0.25, 0.3) is 15.9 Å². The minimum Gasteiger partial charge on any atom is -0.496 e. The van der Waals surface area contributed by atoms with Gasteiger partial charge in [-0.15, -0.1) is 0 Å². The first kappa shape index (κ1) is 19.3. The highest BCUT2D eigenvalue weighted by atomic mass is 79.9. The summed E-state index contributed by atoms with van der Waals surface area (Å²) in [7, 11) is -2.41. The Bertz CT molecular complexity index is 865. The van der Waals surface area contributed by atoms with Gasteiger partial charge in [0, 0.05) is 16.2 Å². The standard InChI is InChI=1S/C17H19BrN2O4S/c1-11(2)19-17(21)15-10-14(8-9-16(15)24-3)25(22,23)20-13-6-4-12(18)5-7-13/h4-11,20H,1-3H3,(H,19,21). The van der Waals surface area contributed by atoms with Crippen molar-refractivity contribution in [3.63, 3.8) is 0 Å². The first-order chi connectivity index (χ1) is 11.7. The summed E-state index contributed by atoms with van der Waals surface area (Å²) in [5.74, 6) is -0.0896. The van der Waals surface area contributed by atoms with E-state index < -0.39 is 15.9 Å². The van der Waals surface area contributed by atoms with Gasteiger partial charge in [-0.1, -0.05) is 15.9 Å². The predicted octanol–water partition coefficient (Wildman–Crippen LogP) is 3.40. The van der Waals surface area contributed by atoms with Crippen molar-refractivity contribution in [1.29, 1.82) is 0 Å². The number of carbonyl (C=O) groups is 1. The number of hydrogen-bond acceptors (Lipinski definition) is 4.